The molecule has 2 atom stereocenters. The normalized spacial score (nSPS) is 30.0. The summed E-state index contributed by atoms with van der Waals surface area (Å²) < 4.78 is 18.0. The van der Waals surface area contributed by atoms with Gasteiger partial charge in [0.25, 0.3) is 0 Å². The zero-order valence-corrected chi connectivity index (χ0v) is 7.44. The van der Waals surface area contributed by atoms with Crippen LogP contribution in [-0.2, 0) is 4.74 Å². The first-order valence-electron chi connectivity index (χ1n) is 3.62. The topological polar surface area (TPSA) is 9.23 Å². The maximum atomic E-state index is 12.9. The molecular formula is C7H12BrFO. The van der Waals surface area contributed by atoms with Crippen LogP contribution >= 0.6 is 15.9 Å². The van der Waals surface area contributed by atoms with Crippen LogP contribution in [0.1, 0.15) is 12.8 Å². The molecule has 10 heavy (non-hydrogen) atoms. The van der Waals surface area contributed by atoms with Gasteiger partial charge in [-0.2, -0.15) is 0 Å². The van der Waals surface area contributed by atoms with Crippen molar-refractivity contribution >= 4 is 15.9 Å². The van der Waals surface area contributed by atoms with Crippen LogP contribution < -0.4 is 0 Å². The number of hydrogen-bond donors (Lipinski definition) is 0. The standard InChI is InChI=1S/C7H12BrFO/c8-4-7(9)6-2-1-3-10-5-6/h6-7H,1-5H2. The van der Waals surface area contributed by atoms with E-state index in [9.17, 15) is 4.39 Å². The fraction of sp³-hybridized carbons (Fsp3) is 1.00. The summed E-state index contributed by atoms with van der Waals surface area (Å²) in [5.74, 6) is 0.133. The monoisotopic (exact) mass is 210 g/mol. The lowest BCUT2D eigenvalue weighted by Gasteiger charge is -2.23. The second kappa shape index (κ2) is 4.29. The minimum absolute atomic E-state index is 0.133. The van der Waals surface area contributed by atoms with Gasteiger partial charge in [0.05, 0.1) is 6.61 Å². The third-order valence-electron chi connectivity index (χ3n) is 1.85. The molecule has 3 heteroatoms. The average molecular weight is 211 g/mol. The molecule has 0 aromatic carbocycles. The summed E-state index contributed by atoms with van der Waals surface area (Å²) >= 11 is 3.12. The van der Waals surface area contributed by atoms with Crippen LogP contribution in [0.2, 0.25) is 0 Å². The largest absolute Gasteiger partial charge is 0.381 e. The molecule has 0 N–H and O–H groups in total. The number of ether oxygens (including phenoxy) is 1. The molecule has 2 unspecified atom stereocenters. The molecule has 0 spiro atoms. The number of halogens is 2. The molecule has 0 aromatic rings. The minimum Gasteiger partial charge on any atom is -0.381 e. The molecule has 1 fully saturated rings. The van der Waals surface area contributed by atoms with Gasteiger partial charge in [-0.05, 0) is 12.8 Å². The lowest BCUT2D eigenvalue weighted by molar-refractivity contribution is 0.0261. The number of rotatable bonds is 2. The summed E-state index contributed by atoms with van der Waals surface area (Å²) in [6.07, 6.45) is 1.27. The van der Waals surface area contributed by atoms with Crippen molar-refractivity contribution in [3.8, 4) is 0 Å². The molecule has 60 valence electrons. The van der Waals surface area contributed by atoms with Gasteiger partial charge in [0.2, 0.25) is 0 Å². The molecule has 0 bridgehead atoms. The summed E-state index contributed by atoms with van der Waals surface area (Å²) in [4.78, 5) is 0. The van der Waals surface area contributed by atoms with Crippen molar-refractivity contribution in [1.82, 2.24) is 0 Å². The van der Waals surface area contributed by atoms with Crippen molar-refractivity contribution in [2.45, 2.75) is 19.0 Å². The Bertz CT molecular complexity index is 93.6. The van der Waals surface area contributed by atoms with Crippen LogP contribution in [0, 0.1) is 5.92 Å². The molecule has 1 aliphatic rings. The van der Waals surface area contributed by atoms with Gasteiger partial charge in [0.1, 0.15) is 6.17 Å². The number of hydrogen-bond acceptors (Lipinski definition) is 1. The molecule has 0 aliphatic carbocycles. The summed E-state index contributed by atoms with van der Waals surface area (Å²) in [7, 11) is 0. The Morgan fingerprint density at radius 1 is 1.70 bits per heavy atom. The zero-order chi connectivity index (χ0) is 7.40. The van der Waals surface area contributed by atoms with E-state index >= 15 is 0 Å². The Morgan fingerprint density at radius 3 is 3.00 bits per heavy atom. The summed E-state index contributed by atoms with van der Waals surface area (Å²) in [6.45, 7) is 1.41. The first-order chi connectivity index (χ1) is 4.84. The Morgan fingerprint density at radius 2 is 2.50 bits per heavy atom. The Labute approximate surface area is 69.1 Å². The van der Waals surface area contributed by atoms with Crippen LogP contribution in [0.3, 0.4) is 0 Å². The molecular weight excluding hydrogens is 199 g/mol. The molecule has 1 saturated heterocycles. The molecule has 0 radical (unpaired) electrons. The highest BCUT2D eigenvalue weighted by atomic mass is 79.9. The first-order valence-corrected chi connectivity index (χ1v) is 4.74. The van der Waals surface area contributed by atoms with Crippen LogP contribution in [0.4, 0.5) is 4.39 Å². The highest BCUT2D eigenvalue weighted by Crippen LogP contribution is 2.20. The summed E-state index contributed by atoms with van der Waals surface area (Å²) in [6, 6.07) is 0. The second-order valence-corrected chi connectivity index (χ2v) is 3.30. The van der Waals surface area contributed by atoms with Crippen molar-refractivity contribution in [3.05, 3.63) is 0 Å². The van der Waals surface area contributed by atoms with Crippen molar-refractivity contribution in [3.63, 3.8) is 0 Å². The van der Waals surface area contributed by atoms with Gasteiger partial charge < -0.3 is 4.74 Å². The van der Waals surface area contributed by atoms with E-state index in [2.05, 4.69) is 15.9 Å². The van der Waals surface area contributed by atoms with Crippen LogP contribution in [0.25, 0.3) is 0 Å². The van der Waals surface area contributed by atoms with Crippen molar-refractivity contribution in [2.24, 2.45) is 5.92 Å². The molecule has 0 aromatic heterocycles. The van der Waals surface area contributed by atoms with E-state index in [0.29, 0.717) is 11.9 Å². The van der Waals surface area contributed by atoms with Gasteiger partial charge in [0.15, 0.2) is 0 Å². The molecule has 0 amide bonds. The Kier molecular flexibility index (Phi) is 3.63. The zero-order valence-electron chi connectivity index (χ0n) is 5.85. The van der Waals surface area contributed by atoms with Crippen LogP contribution in [0.5, 0.6) is 0 Å². The van der Waals surface area contributed by atoms with E-state index in [1.807, 2.05) is 0 Å². The van der Waals surface area contributed by atoms with Gasteiger partial charge in [0, 0.05) is 17.9 Å². The highest BCUT2D eigenvalue weighted by molar-refractivity contribution is 9.09. The van der Waals surface area contributed by atoms with Crippen LogP contribution in [0.15, 0.2) is 0 Å². The second-order valence-electron chi connectivity index (χ2n) is 2.65. The van der Waals surface area contributed by atoms with E-state index in [1.54, 1.807) is 0 Å². The lowest BCUT2D eigenvalue weighted by Crippen LogP contribution is -2.27. The maximum Gasteiger partial charge on any atom is 0.115 e. The summed E-state index contributed by atoms with van der Waals surface area (Å²) in [5, 5.41) is 0.445. The molecule has 1 aliphatic heterocycles. The molecule has 1 heterocycles. The highest BCUT2D eigenvalue weighted by Gasteiger charge is 2.22. The van der Waals surface area contributed by atoms with Gasteiger partial charge in [-0.3, -0.25) is 0 Å². The molecule has 1 nitrogen and oxygen atoms in total. The van der Waals surface area contributed by atoms with Gasteiger partial charge >= 0.3 is 0 Å². The van der Waals surface area contributed by atoms with Gasteiger partial charge in [-0.15, -0.1) is 0 Å². The molecule has 1 rings (SSSR count). The van der Waals surface area contributed by atoms with Crippen molar-refractivity contribution < 1.29 is 9.13 Å². The van der Waals surface area contributed by atoms with E-state index in [0.717, 1.165) is 19.4 Å². The quantitative estimate of drug-likeness (QED) is 0.636. The summed E-state index contributed by atoms with van der Waals surface area (Å²) in [5.41, 5.74) is 0. The van der Waals surface area contributed by atoms with Crippen molar-refractivity contribution in [1.29, 1.82) is 0 Å². The first kappa shape index (κ1) is 8.47. The lowest BCUT2D eigenvalue weighted by atomic mass is 9.98. The Balaban J connectivity index is 2.24. The van der Waals surface area contributed by atoms with E-state index in [-0.39, 0.29) is 5.92 Å². The third-order valence-corrected chi connectivity index (χ3v) is 2.47. The molecule has 0 saturated carbocycles. The third kappa shape index (κ3) is 2.20. The Hall–Kier alpha value is 0.370. The van der Waals surface area contributed by atoms with E-state index < -0.39 is 6.17 Å². The SMILES string of the molecule is FC(CBr)C1CCCOC1. The van der Waals surface area contributed by atoms with Crippen molar-refractivity contribution in [2.75, 3.05) is 18.5 Å². The average Bonchev–Trinajstić information content (AvgIpc) is 2.05. The van der Waals surface area contributed by atoms with Crippen LogP contribution in [-0.4, -0.2) is 24.7 Å². The predicted octanol–water partition coefficient (Wildman–Crippen LogP) is 2.15. The van der Waals surface area contributed by atoms with E-state index in [4.69, 9.17) is 4.74 Å². The predicted molar refractivity (Wildman–Crippen MR) is 42.2 cm³/mol. The smallest absolute Gasteiger partial charge is 0.115 e. The maximum absolute atomic E-state index is 12.9. The van der Waals surface area contributed by atoms with Gasteiger partial charge in [-0.25, -0.2) is 4.39 Å². The number of alkyl halides is 2. The van der Waals surface area contributed by atoms with Gasteiger partial charge in [-0.1, -0.05) is 15.9 Å². The fourth-order valence-corrected chi connectivity index (χ4v) is 1.71. The van der Waals surface area contributed by atoms with E-state index in [1.165, 1.54) is 0 Å². The fourth-order valence-electron chi connectivity index (χ4n) is 1.18. The minimum atomic E-state index is -0.722.